The molecule has 4 rings (SSSR count). The van der Waals surface area contributed by atoms with Crippen LogP contribution in [0.2, 0.25) is 0 Å². The Morgan fingerprint density at radius 2 is 1.92 bits per heavy atom. The Bertz CT molecular complexity index is 1280. The maximum atomic E-state index is 12.8. The molecule has 0 saturated carbocycles. The molecule has 2 aliphatic rings. The van der Waals surface area contributed by atoms with Gasteiger partial charge in [-0.3, -0.25) is 19.2 Å². The largest absolute Gasteiger partial charge is 0.497 e. The lowest BCUT2D eigenvalue weighted by Gasteiger charge is -2.29. The Morgan fingerprint density at radius 1 is 1.16 bits per heavy atom. The van der Waals surface area contributed by atoms with E-state index in [1.807, 2.05) is 6.92 Å². The van der Waals surface area contributed by atoms with Crippen LogP contribution in [0.25, 0.3) is 0 Å². The monoisotopic (exact) mass is 533 g/mol. The van der Waals surface area contributed by atoms with Gasteiger partial charge in [0.25, 0.3) is 0 Å². The number of aliphatic carboxylic acids is 1. The first-order valence-corrected chi connectivity index (χ1v) is 13.8. The number of anilines is 1. The van der Waals surface area contributed by atoms with Crippen molar-refractivity contribution in [2.75, 3.05) is 44.5 Å². The van der Waals surface area contributed by atoms with Crippen molar-refractivity contribution >= 4 is 27.6 Å². The van der Waals surface area contributed by atoms with E-state index in [1.165, 1.54) is 13.2 Å². The van der Waals surface area contributed by atoms with Crippen LogP contribution in [0.15, 0.2) is 36.4 Å². The number of fused-ring (bicyclic) bond motifs is 1. The summed E-state index contributed by atoms with van der Waals surface area (Å²) in [6.07, 6.45) is 1.78. The van der Waals surface area contributed by atoms with Crippen molar-refractivity contribution in [3.05, 3.63) is 47.5 Å². The molecule has 11 nitrogen and oxygen atoms in total. The molecule has 0 unspecified atom stereocenters. The molecule has 0 aliphatic carbocycles. The van der Waals surface area contributed by atoms with E-state index in [9.17, 15) is 23.1 Å². The molecule has 12 heteroatoms. The lowest BCUT2D eigenvalue weighted by Crippen LogP contribution is -2.38. The minimum absolute atomic E-state index is 0.0557. The van der Waals surface area contributed by atoms with Crippen molar-refractivity contribution in [3.8, 4) is 17.2 Å². The maximum Gasteiger partial charge on any atom is 0.309 e. The standard InChI is InChI=1S/C25H31N3O8S/c1-4-9-26-22(29)13-28-12-18(15-5-8-20-21(10-15)36-14-35-20)23(25(30)31)24(28)17-7-6-16(34-2)11-19(17)27-37(3,32)33/h5-8,10-11,18,23-24,27H,4,9,12-14H2,1-3H3,(H,26,29)(H,30,31)/t18-,23+,24-/m1/s1. The van der Waals surface area contributed by atoms with Gasteiger partial charge in [-0.1, -0.05) is 19.1 Å². The number of sulfonamides is 1. The van der Waals surface area contributed by atoms with Crippen molar-refractivity contribution in [1.82, 2.24) is 10.2 Å². The minimum atomic E-state index is -3.70. The second-order valence-corrected chi connectivity index (χ2v) is 10.9. The molecule has 3 atom stereocenters. The molecule has 2 aromatic rings. The highest BCUT2D eigenvalue weighted by Gasteiger charge is 2.49. The summed E-state index contributed by atoms with van der Waals surface area (Å²) in [7, 11) is -2.24. The van der Waals surface area contributed by atoms with Crippen LogP contribution in [0.5, 0.6) is 17.2 Å². The smallest absolute Gasteiger partial charge is 0.309 e. The predicted octanol–water partition coefficient (Wildman–Crippen LogP) is 2.16. The number of hydrogen-bond donors (Lipinski definition) is 3. The minimum Gasteiger partial charge on any atom is -0.497 e. The van der Waals surface area contributed by atoms with Gasteiger partial charge in [0.15, 0.2) is 11.5 Å². The van der Waals surface area contributed by atoms with E-state index in [0.717, 1.165) is 18.2 Å². The summed E-state index contributed by atoms with van der Waals surface area (Å²) < 4.78 is 43.0. The molecule has 1 saturated heterocycles. The van der Waals surface area contributed by atoms with Crippen LogP contribution in [0.4, 0.5) is 5.69 Å². The highest BCUT2D eigenvalue weighted by Crippen LogP contribution is 2.49. The fourth-order valence-corrected chi connectivity index (χ4v) is 5.53. The summed E-state index contributed by atoms with van der Waals surface area (Å²) in [5, 5.41) is 13.3. The number of carboxylic acid groups (broad SMARTS) is 1. The molecule has 3 N–H and O–H groups in total. The third kappa shape index (κ3) is 5.91. The Kier molecular flexibility index (Phi) is 7.79. The number of amides is 1. The van der Waals surface area contributed by atoms with Crippen molar-refractivity contribution < 1.29 is 37.3 Å². The Hall–Kier alpha value is -3.51. The van der Waals surface area contributed by atoms with Gasteiger partial charge in [0.2, 0.25) is 22.7 Å². The van der Waals surface area contributed by atoms with Gasteiger partial charge in [-0.05, 0) is 35.7 Å². The quantitative estimate of drug-likeness (QED) is 0.419. The average molecular weight is 534 g/mol. The van der Waals surface area contributed by atoms with Crippen LogP contribution in [0, 0.1) is 5.92 Å². The van der Waals surface area contributed by atoms with Gasteiger partial charge >= 0.3 is 5.97 Å². The number of nitrogens with one attached hydrogen (secondary N) is 2. The highest BCUT2D eigenvalue weighted by molar-refractivity contribution is 7.92. The SMILES string of the molecule is CCCNC(=O)CN1C[C@H](c2ccc3c(c2)OCO3)[C@H](C(=O)O)[C@H]1c1ccc(OC)cc1NS(C)(=O)=O. The van der Waals surface area contributed by atoms with Crippen molar-refractivity contribution in [2.45, 2.75) is 25.3 Å². The van der Waals surface area contributed by atoms with Gasteiger partial charge in [0.05, 0.1) is 37.6 Å². The third-order valence-corrected chi connectivity index (χ3v) is 7.09. The molecule has 0 spiro atoms. The normalized spacial score (nSPS) is 21.0. The molecule has 0 aromatic heterocycles. The van der Waals surface area contributed by atoms with Crippen molar-refractivity contribution in [2.24, 2.45) is 5.92 Å². The van der Waals surface area contributed by atoms with E-state index < -0.39 is 33.9 Å². The Morgan fingerprint density at radius 3 is 2.59 bits per heavy atom. The molecule has 2 aliphatic heterocycles. The number of rotatable bonds is 10. The highest BCUT2D eigenvalue weighted by atomic mass is 32.2. The Labute approximate surface area is 215 Å². The molecular weight excluding hydrogens is 502 g/mol. The zero-order chi connectivity index (χ0) is 26.7. The van der Waals surface area contributed by atoms with E-state index in [-0.39, 0.29) is 31.5 Å². The van der Waals surface area contributed by atoms with Crippen LogP contribution in [-0.4, -0.2) is 70.1 Å². The second-order valence-electron chi connectivity index (χ2n) is 9.13. The van der Waals surface area contributed by atoms with Crippen molar-refractivity contribution in [3.63, 3.8) is 0 Å². The molecule has 0 bridgehead atoms. The number of methoxy groups -OCH3 is 1. The number of likely N-dealkylation sites (tertiary alicyclic amines) is 1. The van der Waals surface area contributed by atoms with Gasteiger partial charge in [0, 0.05) is 25.1 Å². The third-order valence-electron chi connectivity index (χ3n) is 6.50. The summed E-state index contributed by atoms with van der Waals surface area (Å²) in [6.45, 7) is 2.72. The first-order valence-electron chi connectivity index (χ1n) is 11.9. The summed E-state index contributed by atoms with van der Waals surface area (Å²) in [5.74, 6) is -1.30. The van der Waals surface area contributed by atoms with Crippen molar-refractivity contribution in [1.29, 1.82) is 0 Å². The molecule has 2 aromatic carbocycles. The molecular formula is C25H31N3O8S. The van der Waals surface area contributed by atoms with E-state index >= 15 is 0 Å². The molecule has 1 amide bonds. The first kappa shape index (κ1) is 26.6. The lowest BCUT2D eigenvalue weighted by atomic mass is 9.82. The summed E-state index contributed by atoms with van der Waals surface area (Å²) in [4.78, 5) is 27.3. The van der Waals surface area contributed by atoms with Crippen LogP contribution in [0.3, 0.4) is 0 Å². The van der Waals surface area contributed by atoms with Gasteiger partial charge in [-0.2, -0.15) is 0 Å². The number of benzene rings is 2. The number of nitrogens with zero attached hydrogens (tertiary/aromatic N) is 1. The Balaban J connectivity index is 1.81. The fraction of sp³-hybridized carbons (Fsp3) is 0.440. The zero-order valence-corrected chi connectivity index (χ0v) is 21.7. The first-order chi connectivity index (χ1) is 17.6. The van der Waals surface area contributed by atoms with Gasteiger partial charge in [-0.15, -0.1) is 0 Å². The lowest BCUT2D eigenvalue weighted by molar-refractivity contribution is -0.143. The molecule has 1 fully saturated rings. The van der Waals surface area contributed by atoms with Crippen LogP contribution in [-0.2, 0) is 19.6 Å². The average Bonchev–Trinajstić information content (AvgIpc) is 3.46. The topological polar surface area (TPSA) is 144 Å². The molecule has 200 valence electrons. The van der Waals surface area contributed by atoms with E-state index in [0.29, 0.717) is 29.4 Å². The molecule has 0 radical (unpaired) electrons. The van der Waals surface area contributed by atoms with Gasteiger partial charge < -0.3 is 24.6 Å². The maximum absolute atomic E-state index is 12.8. The fourth-order valence-electron chi connectivity index (χ4n) is 4.96. The number of carbonyl (C=O) groups excluding carboxylic acids is 1. The number of carboxylic acids is 1. The number of hydrogen-bond acceptors (Lipinski definition) is 8. The summed E-state index contributed by atoms with van der Waals surface area (Å²) >= 11 is 0. The second kappa shape index (κ2) is 10.9. The summed E-state index contributed by atoms with van der Waals surface area (Å²) in [6, 6.07) is 9.30. The predicted molar refractivity (Wildman–Crippen MR) is 136 cm³/mol. The zero-order valence-electron chi connectivity index (χ0n) is 20.9. The van der Waals surface area contributed by atoms with Crippen LogP contribution < -0.4 is 24.2 Å². The van der Waals surface area contributed by atoms with Crippen LogP contribution in [0.1, 0.15) is 36.4 Å². The number of carbonyl (C=O) groups is 2. The summed E-state index contributed by atoms with van der Waals surface area (Å²) in [5.41, 5.74) is 1.36. The van der Waals surface area contributed by atoms with E-state index in [1.54, 1.807) is 35.2 Å². The van der Waals surface area contributed by atoms with Crippen LogP contribution >= 0.6 is 0 Å². The molecule has 37 heavy (non-hydrogen) atoms. The number of ether oxygens (including phenoxy) is 3. The van der Waals surface area contributed by atoms with E-state index in [2.05, 4.69) is 10.0 Å². The van der Waals surface area contributed by atoms with Gasteiger partial charge in [0.1, 0.15) is 5.75 Å². The van der Waals surface area contributed by atoms with E-state index in [4.69, 9.17) is 14.2 Å². The molecule has 2 heterocycles. The van der Waals surface area contributed by atoms with Gasteiger partial charge in [-0.25, -0.2) is 8.42 Å².